The molecule has 2 heteroatoms. The lowest BCUT2D eigenvalue weighted by atomic mass is 9.80. The molecule has 0 heterocycles. The van der Waals surface area contributed by atoms with Crippen molar-refractivity contribution in [2.75, 3.05) is 6.54 Å². The van der Waals surface area contributed by atoms with E-state index in [0.717, 1.165) is 18.4 Å². The zero-order valence-electron chi connectivity index (χ0n) is 10.7. The maximum atomic E-state index is 9.73. The fraction of sp³-hybridized carbons (Fsp3) is 1.00. The summed E-state index contributed by atoms with van der Waals surface area (Å²) in [6, 6.07) is 0.620. The molecule has 2 nitrogen and oxygen atoms in total. The first-order valence-electron chi connectivity index (χ1n) is 6.42. The third kappa shape index (κ3) is 4.12. The van der Waals surface area contributed by atoms with Crippen molar-refractivity contribution in [3.05, 3.63) is 0 Å². The van der Waals surface area contributed by atoms with E-state index in [0.29, 0.717) is 12.0 Å². The van der Waals surface area contributed by atoms with Crippen molar-refractivity contribution in [1.82, 2.24) is 5.32 Å². The molecule has 4 atom stereocenters. The van der Waals surface area contributed by atoms with E-state index in [4.69, 9.17) is 0 Å². The summed E-state index contributed by atoms with van der Waals surface area (Å²) in [4.78, 5) is 0. The van der Waals surface area contributed by atoms with Gasteiger partial charge >= 0.3 is 0 Å². The van der Waals surface area contributed by atoms with Gasteiger partial charge in [0.25, 0.3) is 0 Å². The Balaban J connectivity index is 2.26. The van der Waals surface area contributed by atoms with Gasteiger partial charge in [-0.3, -0.25) is 0 Å². The van der Waals surface area contributed by atoms with E-state index in [1.807, 2.05) is 0 Å². The predicted octanol–water partition coefficient (Wildman–Crippen LogP) is 2.42. The van der Waals surface area contributed by atoms with Gasteiger partial charge in [-0.05, 0) is 37.0 Å². The van der Waals surface area contributed by atoms with Crippen molar-refractivity contribution in [3.63, 3.8) is 0 Å². The molecule has 1 aliphatic carbocycles. The van der Waals surface area contributed by atoms with Crippen molar-refractivity contribution in [3.8, 4) is 0 Å². The highest BCUT2D eigenvalue weighted by molar-refractivity contribution is 4.82. The lowest BCUT2D eigenvalue weighted by molar-refractivity contribution is 0.110. The summed E-state index contributed by atoms with van der Waals surface area (Å²) in [6.07, 6.45) is 3.74. The van der Waals surface area contributed by atoms with Crippen LogP contribution in [0.2, 0.25) is 0 Å². The topological polar surface area (TPSA) is 32.3 Å². The summed E-state index contributed by atoms with van der Waals surface area (Å²) in [5.74, 6) is 2.00. The number of rotatable bonds is 4. The smallest absolute Gasteiger partial charge is 0.0687 e. The van der Waals surface area contributed by atoms with Gasteiger partial charge in [0, 0.05) is 12.6 Å². The SMILES string of the molecule is CC1CCC(NCC(O)C(C)C)C(C)C1. The summed E-state index contributed by atoms with van der Waals surface area (Å²) in [6.45, 7) is 9.56. The molecular weight excluding hydrogens is 186 g/mol. The fourth-order valence-corrected chi connectivity index (χ4v) is 2.48. The van der Waals surface area contributed by atoms with Gasteiger partial charge < -0.3 is 10.4 Å². The number of hydrogen-bond acceptors (Lipinski definition) is 2. The van der Waals surface area contributed by atoms with Crippen LogP contribution < -0.4 is 5.32 Å². The number of hydrogen-bond donors (Lipinski definition) is 2. The van der Waals surface area contributed by atoms with Gasteiger partial charge in [0.1, 0.15) is 0 Å². The molecule has 0 aromatic heterocycles. The molecule has 1 fully saturated rings. The Morgan fingerprint density at radius 3 is 2.47 bits per heavy atom. The standard InChI is InChI=1S/C13H27NO/c1-9(2)13(15)8-14-12-6-5-10(3)7-11(12)4/h9-15H,5-8H2,1-4H3. The Bertz CT molecular complexity index is 181. The quantitative estimate of drug-likeness (QED) is 0.751. The first kappa shape index (κ1) is 13.0. The molecule has 1 rings (SSSR count). The molecule has 1 saturated carbocycles. The molecular formula is C13H27NO. The predicted molar refractivity (Wildman–Crippen MR) is 64.8 cm³/mol. The van der Waals surface area contributed by atoms with Crippen LogP contribution >= 0.6 is 0 Å². The van der Waals surface area contributed by atoms with Gasteiger partial charge in [0.05, 0.1) is 6.10 Å². The molecule has 0 aromatic carbocycles. The molecule has 2 N–H and O–H groups in total. The van der Waals surface area contributed by atoms with Crippen molar-refractivity contribution in [2.24, 2.45) is 17.8 Å². The molecule has 0 bridgehead atoms. The molecule has 4 unspecified atom stereocenters. The zero-order chi connectivity index (χ0) is 11.4. The summed E-state index contributed by atoms with van der Waals surface area (Å²) in [5, 5.41) is 13.3. The minimum atomic E-state index is -0.198. The van der Waals surface area contributed by atoms with Crippen LogP contribution in [-0.2, 0) is 0 Å². The minimum absolute atomic E-state index is 0.198. The van der Waals surface area contributed by atoms with Crippen LogP contribution in [0.5, 0.6) is 0 Å². The third-order valence-electron chi connectivity index (χ3n) is 3.79. The molecule has 0 saturated heterocycles. The van der Waals surface area contributed by atoms with E-state index < -0.39 is 0 Å². The monoisotopic (exact) mass is 213 g/mol. The van der Waals surface area contributed by atoms with Crippen molar-refractivity contribution >= 4 is 0 Å². The summed E-state index contributed by atoms with van der Waals surface area (Å²) in [5.41, 5.74) is 0. The first-order valence-corrected chi connectivity index (χ1v) is 6.42. The second-order valence-electron chi connectivity index (χ2n) is 5.72. The van der Waals surface area contributed by atoms with Gasteiger partial charge in [-0.2, -0.15) is 0 Å². The lowest BCUT2D eigenvalue weighted by Crippen LogP contribution is -2.43. The van der Waals surface area contributed by atoms with Crippen LogP contribution in [0.15, 0.2) is 0 Å². The summed E-state index contributed by atoms with van der Waals surface area (Å²) >= 11 is 0. The van der Waals surface area contributed by atoms with Crippen LogP contribution in [-0.4, -0.2) is 23.8 Å². The Hall–Kier alpha value is -0.0800. The van der Waals surface area contributed by atoms with Gasteiger partial charge in [-0.1, -0.05) is 27.7 Å². The van der Waals surface area contributed by atoms with Crippen LogP contribution in [0.25, 0.3) is 0 Å². The lowest BCUT2D eigenvalue weighted by Gasteiger charge is -2.34. The second-order valence-corrected chi connectivity index (χ2v) is 5.72. The van der Waals surface area contributed by atoms with Crippen molar-refractivity contribution in [2.45, 2.75) is 59.1 Å². The van der Waals surface area contributed by atoms with Crippen LogP contribution in [0.4, 0.5) is 0 Å². The zero-order valence-corrected chi connectivity index (χ0v) is 10.7. The van der Waals surface area contributed by atoms with Crippen molar-refractivity contribution in [1.29, 1.82) is 0 Å². The van der Waals surface area contributed by atoms with Gasteiger partial charge in [-0.25, -0.2) is 0 Å². The largest absolute Gasteiger partial charge is 0.392 e. The molecule has 0 aromatic rings. The average molecular weight is 213 g/mol. The van der Waals surface area contributed by atoms with Crippen LogP contribution in [0.3, 0.4) is 0 Å². The molecule has 0 amide bonds. The third-order valence-corrected chi connectivity index (χ3v) is 3.79. The fourth-order valence-electron chi connectivity index (χ4n) is 2.48. The minimum Gasteiger partial charge on any atom is -0.392 e. The highest BCUT2D eigenvalue weighted by atomic mass is 16.3. The summed E-state index contributed by atoms with van der Waals surface area (Å²) < 4.78 is 0. The van der Waals surface area contributed by atoms with E-state index in [1.54, 1.807) is 0 Å². The average Bonchev–Trinajstić information content (AvgIpc) is 2.15. The normalized spacial score (nSPS) is 34.4. The first-order chi connectivity index (χ1) is 7.00. The number of nitrogens with one attached hydrogen (secondary N) is 1. The highest BCUT2D eigenvalue weighted by Crippen LogP contribution is 2.28. The van der Waals surface area contributed by atoms with Gasteiger partial charge in [0.15, 0.2) is 0 Å². The molecule has 0 aliphatic heterocycles. The number of aliphatic hydroxyl groups excluding tert-OH is 1. The van der Waals surface area contributed by atoms with Crippen LogP contribution in [0, 0.1) is 17.8 Å². The van der Waals surface area contributed by atoms with Crippen LogP contribution in [0.1, 0.15) is 47.0 Å². The Morgan fingerprint density at radius 2 is 1.93 bits per heavy atom. The van der Waals surface area contributed by atoms with Gasteiger partial charge in [0.2, 0.25) is 0 Å². The van der Waals surface area contributed by atoms with E-state index in [1.165, 1.54) is 19.3 Å². The van der Waals surface area contributed by atoms with E-state index in [9.17, 15) is 5.11 Å². The number of aliphatic hydroxyl groups is 1. The Kier molecular flexibility index (Phi) is 5.07. The second kappa shape index (κ2) is 5.86. The maximum Gasteiger partial charge on any atom is 0.0687 e. The summed E-state index contributed by atoms with van der Waals surface area (Å²) in [7, 11) is 0. The highest BCUT2D eigenvalue weighted by Gasteiger charge is 2.25. The Morgan fingerprint density at radius 1 is 1.27 bits per heavy atom. The molecule has 15 heavy (non-hydrogen) atoms. The maximum absolute atomic E-state index is 9.73. The van der Waals surface area contributed by atoms with E-state index >= 15 is 0 Å². The van der Waals surface area contributed by atoms with Gasteiger partial charge in [-0.15, -0.1) is 0 Å². The van der Waals surface area contributed by atoms with E-state index in [2.05, 4.69) is 33.0 Å². The van der Waals surface area contributed by atoms with E-state index in [-0.39, 0.29) is 6.10 Å². The molecule has 90 valence electrons. The molecule has 1 aliphatic rings. The molecule has 0 radical (unpaired) electrons. The van der Waals surface area contributed by atoms with Crippen molar-refractivity contribution < 1.29 is 5.11 Å². The molecule has 0 spiro atoms. The Labute approximate surface area is 94.5 Å².